The summed E-state index contributed by atoms with van der Waals surface area (Å²) in [6.45, 7) is 0. The molecule has 0 saturated carbocycles. The van der Waals surface area contributed by atoms with Crippen molar-refractivity contribution in [2.75, 3.05) is 7.11 Å². The number of rotatable bonds is 3. The minimum absolute atomic E-state index is 0.340. The Balaban J connectivity index is 2.38. The molecule has 1 unspecified atom stereocenters. The lowest BCUT2D eigenvalue weighted by Gasteiger charge is -2.14. The van der Waals surface area contributed by atoms with Crippen molar-refractivity contribution in [3.63, 3.8) is 0 Å². The van der Waals surface area contributed by atoms with E-state index >= 15 is 0 Å². The smallest absolute Gasteiger partial charge is 0.120 e. The predicted octanol–water partition coefficient (Wildman–Crippen LogP) is 5.93. The van der Waals surface area contributed by atoms with Gasteiger partial charge < -0.3 is 4.74 Å². The van der Waals surface area contributed by atoms with E-state index in [1.54, 1.807) is 13.2 Å². The molecule has 1 atom stereocenters. The second kappa shape index (κ2) is 6.53. The number of alkyl halides is 1. The molecule has 0 aliphatic rings. The fourth-order valence-corrected chi connectivity index (χ4v) is 2.88. The van der Waals surface area contributed by atoms with Crippen LogP contribution in [0.5, 0.6) is 5.75 Å². The lowest BCUT2D eigenvalue weighted by Crippen LogP contribution is -1.96. The van der Waals surface area contributed by atoms with Gasteiger partial charge in [-0.2, -0.15) is 0 Å². The Hall–Kier alpha value is -0.160. The number of hydrogen-bond acceptors (Lipinski definition) is 1. The van der Waals surface area contributed by atoms with Crippen LogP contribution < -0.4 is 4.74 Å². The summed E-state index contributed by atoms with van der Waals surface area (Å²) >= 11 is 21.0. The molecule has 19 heavy (non-hydrogen) atoms. The predicted molar refractivity (Wildman–Crippen MR) is 89.9 cm³/mol. The summed E-state index contributed by atoms with van der Waals surface area (Å²) < 4.78 is 6.11. The summed E-state index contributed by atoms with van der Waals surface area (Å²) in [5.74, 6) is 0.707. The van der Waals surface area contributed by atoms with E-state index in [2.05, 4.69) is 22.6 Å². The van der Waals surface area contributed by atoms with E-state index in [0.717, 1.165) is 14.7 Å². The second-order valence-electron chi connectivity index (χ2n) is 3.92. The highest BCUT2D eigenvalue weighted by molar-refractivity contribution is 14.1. The van der Waals surface area contributed by atoms with Gasteiger partial charge in [0.25, 0.3) is 0 Å². The van der Waals surface area contributed by atoms with Gasteiger partial charge in [-0.05, 0) is 58.0 Å². The van der Waals surface area contributed by atoms with Crippen molar-refractivity contribution in [3.8, 4) is 5.75 Å². The average molecular weight is 427 g/mol. The molecule has 0 saturated heterocycles. The summed E-state index contributed by atoms with van der Waals surface area (Å²) in [5.41, 5.74) is 1.75. The summed E-state index contributed by atoms with van der Waals surface area (Å²) in [6.07, 6.45) is 0. The van der Waals surface area contributed by atoms with Crippen LogP contribution in [0.4, 0.5) is 0 Å². The summed E-state index contributed by atoms with van der Waals surface area (Å²) in [5, 5.41) is 0.926. The molecular formula is C14H10Cl3IO. The Morgan fingerprint density at radius 2 is 1.79 bits per heavy atom. The Kier molecular flexibility index (Phi) is 5.23. The molecule has 0 amide bonds. The first-order valence-corrected chi connectivity index (χ1v) is 7.72. The molecule has 1 nitrogen and oxygen atoms in total. The minimum atomic E-state index is -0.340. The SMILES string of the molecule is COc1ccc(C(Cl)c2ccc(I)c(Cl)c2)c(Cl)c1. The molecule has 2 aromatic rings. The van der Waals surface area contributed by atoms with Crippen LogP contribution in [0.3, 0.4) is 0 Å². The zero-order valence-electron chi connectivity index (χ0n) is 9.96. The van der Waals surface area contributed by atoms with Crippen molar-refractivity contribution in [1.29, 1.82) is 0 Å². The Morgan fingerprint density at radius 1 is 1.05 bits per heavy atom. The normalized spacial score (nSPS) is 12.3. The van der Waals surface area contributed by atoms with Crippen molar-refractivity contribution in [2.24, 2.45) is 0 Å². The van der Waals surface area contributed by atoms with Crippen LogP contribution in [0.15, 0.2) is 36.4 Å². The third-order valence-corrected chi connectivity index (χ3v) is 5.10. The van der Waals surface area contributed by atoms with Gasteiger partial charge >= 0.3 is 0 Å². The van der Waals surface area contributed by atoms with Gasteiger partial charge in [-0.15, -0.1) is 11.6 Å². The molecule has 0 aromatic heterocycles. The second-order valence-corrected chi connectivity index (χ2v) is 6.34. The van der Waals surface area contributed by atoms with E-state index in [4.69, 9.17) is 39.5 Å². The maximum atomic E-state index is 6.47. The lowest BCUT2D eigenvalue weighted by atomic mass is 10.0. The minimum Gasteiger partial charge on any atom is -0.497 e. The highest BCUT2D eigenvalue weighted by Crippen LogP contribution is 2.36. The average Bonchev–Trinajstić information content (AvgIpc) is 2.41. The van der Waals surface area contributed by atoms with Crippen LogP contribution in [0.2, 0.25) is 10.0 Å². The van der Waals surface area contributed by atoms with Gasteiger partial charge in [0.15, 0.2) is 0 Å². The van der Waals surface area contributed by atoms with E-state index in [1.807, 2.05) is 30.3 Å². The standard InChI is InChI=1S/C14H10Cl3IO/c1-19-9-3-4-10(11(15)7-9)14(17)8-2-5-13(18)12(16)6-8/h2-7,14H,1H3. The quantitative estimate of drug-likeness (QED) is 0.435. The summed E-state index contributed by atoms with van der Waals surface area (Å²) in [6, 6.07) is 11.2. The number of halogens is 4. The van der Waals surface area contributed by atoms with Gasteiger partial charge in [-0.25, -0.2) is 0 Å². The zero-order chi connectivity index (χ0) is 14.0. The largest absolute Gasteiger partial charge is 0.497 e. The molecule has 2 rings (SSSR count). The van der Waals surface area contributed by atoms with E-state index in [9.17, 15) is 0 Å². The molecule has 0 bridgehead atoms. The van der Waals surface area contributed by atoms with Gasteiger partial charge in [0.2, 0.25) is 0 Å². The molecule has 100 valence electrons. The fourth-order valence-electron chi connectivity index (χ4n) is 1.69. The van der Waals surface area contributed by atoms with Crippen LogP contribution in [-0.4, -0.2) is 7.11 Å². The first kappa shape index (κ1) is 15.2. The van der Waals surface area contributed by atoms with Crippen molar-refractivity contribution in [2.45, 2.75) is 5.38 Å². The van der Waals surface area contributed by atoms with Gasteiger partial charge in [0.05, 0.1) is 17.5 Å². The van der Waals surface area contributed by atoms with Crippen LogP contribution in [0.1, 0.15) is 16.5 Å². The molecule has 0 spiro atoms. The molecule has 0 N–H and O–H groups in total. The number of hydrogen-bond donors (Lipinski definition) is 0. The lowest BCUT2D eigenvalue weighted by molar-refractivity contribution is 0.414. The highest BCUT2D eigenvalue weighted by atomic mass is 127. The summed E-state index contributed by atoms with van der Waals surface area (Å²) in [4.78, 5) is 0. The topological polar surface area (TPSA) is 9.23 Å². The molecule has 2 aromatic carbocycles. The van der Waals surface area contributed by atoms with E-state index < -0.39 is 0 Å². The van der Waals surface area contributed by atoms with Crippen molar-refractivity contribution >= 4 is 57.4 Å². The van der Waals surface area contributed by atoms with Crippen molar-refractivity contribution < 1.29 is 4.74 Å². The maximum absolute atomic E-state index is 6.47. The van der Waals surface area contributed by atoms with Gasteiger partial charge in [-0.1, -0.05) is 35.3 Å². The van der Waals surface area contributed by atoms with Crippen molar-refractivity contribution in [1.82, 2.24) is 0 Å². The molecule has 0 aliphatic carbocycles. The molecule has 5 heteroatoms. The maximum Gasteiger partial charge on any atom is 0.120 e. The zero-order valence-corrected chi connectivity index (χ0v) is 14.4. The van der Waals surface area contributed by atoms with Crippen LogP contribution in [0.25, 0.3) is 0 Å². The molecule has 0 heterocycles. The van der Waals surface area contributed by atoms with Gasteiger partial charge in [-0.3, -0.25) is 0 Å². The number of methoxy groups -OCH3 is 1. The van der Waals surface area contributed by atoms with Crippen molar-refractivity contribution in [3.05, 3.63) is 61.1 Å². The molecular weight excluding hydrogens is 417 g/mol. The summed E-state index contributed by atoms with van der Waals surface area (Å²) in [7, 11) is 1.60. The Labute approximate surface area is 141 Å². The van der Waals surface area contributed by atoms with E-state index in [1.165, 1.54) is 0 Å². The Morgan fingerprint density at radius 3 is 2.37 bits per heavy atom. The van der Waals surface area contributed by atoms with Crippen LogP contribution >= 0.6 is 57.4 Å². The van der Waals surface area contributed by atoms with Gasteiger partial charge in [0, 0.05) is 8.59 Å². The third-order valence-electron chi connectivity index (χ3n) is 2.72. The first-order chi connectivity index (χ1) is 9.02. The number of benzene rings is 2. The molecule has 0 fully saturated rings. The number of ether oxygens (including phenoxy) is 1. The molecule has 0 radical (unpaired) electrons. The van der Waals surface area contributed by atoms with Gasteiger partial charge in [0.1, 0.15) is 5.75 Å². The highest BCUT2D eigenvalue weighted by Gasteiger charge is 2.15. The van der Waals surface area contributed by atoms with E-state index in [0.29, 0.717) is 15.8 Å². The Bertz CT molecular complexity index is 601. The monoisotopic (exact) mass is 426 g/mol. The fraction of sp³-hybridized carbons (Fsp3) is 0.143. The van der Waals surface area contributed by atoms with Crippen LogP contribution in [-0.2, 0) is 0 Å². The molecule has 0 aliphatic heterocycles. The third kappa shape index (κ3) is 3.48. The van der Waals surface area contributed by atoms with E-state index in [-0.39, 0.29) is 5.38 Å². The first-order valence-electron chi connectivity index (χ1n) is 5.45. The van der Waals surface area contributed by atoms with Crippen LogP contribution in [0, 0.1) is 3.57 Å².